The van der Waals surface area contributed by atoms with E-state index in [1.807, 2.05) is 37.2 Å². The van der Waals surface area contributed by atoms with Crippen molar-refractivity contribution < 1.29 is 4.79 Å². The van der Waals surface area contributed by atoms with Crippen LogP contribution in [0.15, 0.2) is 24.3 Å². The number of nitrogens with zero attached hydrogens (tertiary/aromatic N) is 1. The third-order valence-electron chi connectivity index (χ3n) is 2.80. The third kappa shape index (κ3) is 4.49. The van der Waals surface area contributed by atoms with Gasteiger partial charge in [0.25, 0.3) is 0 Å². The zero-order valence-electron chi connectivity index (χ0n) is 12.1. The van der Waals surface area contributed by atoms with Crippen LogP contribution in [0.4, 0.5) is 5.69 Å². The molecule has 100 valence electrons. The van der Waals surface area contributed by atoms with Gasteiger partial charge in [-0.05, 0) is 31.1 Å². The van der Waals surface area contributed by atoms with E-state index in [0.29, 0.717) is 6.42 Å². The van der Waals surface area contributed by atoms with Crippen molar-refractivity contribution in [3.05, 3.63) is 29.8 Å². The summed E-state index contributed by atoms with van der Waals surface area (Å²) >= 11 is 0. The lowest BCUT2D eigenvalue weighted by molar-refractivity contribution is -0.116. The van der Waals surface area contributed by atoms with Crippen LogP contribution in [0.5, 0.6) is 0 Å². The second-order valence-corrected chi connectivity index (χ2v) is 5.90. The molecule has 0 saturated heterocycles. The molecule has 0 heterocycles. The van der Waals surface area contributed by atoms with Gasteiger partial charge in [-0.2, -0.15) is 0 Å². The average molecular weight is 248 g/mol. The first-order valence-corrected chi connectivity index (χ1v) is 6.35. The van der Waals surface area contributed by atoms with Crippen molar-refractivity contribution in [1.29, 1.82) is 0 Å². The maximum atomic E-state index is 11.9. The van der Waals surface area contributed by atoms with Crippen molar-refractivity contribution in [2.45, 2.75) is 32.6 Å². The van der Waals surface area contributed by atoms with E-state index < -0.39 is 0 Å². The molecule has 1 N–H and O–H groups in total. The van der Waals surface area contributed by atoms with Crippen LogP contribution in [0, 0.1) is 0 Å². The molecule has 0 spiro atoms. The van der Waals surface area contributed by atoms with E-state index in [-0.39, 0.29) is 11.3 Å². The Balaban J connectivity index is 2.76. The Bertz CT molecular complexity index is 405. The van der Waals surface area contributed by atoms with Gasteiger partial charge in [0.2, 0.25) is 5.91 Å². The highest BCUT2D eigenvalue weighted by atomic mass is 16.1. The lowest BCUT2D eigenvalue weighted by atomic mass is 9.86. The number of hydrogen-bond donors (Lipinski definition) is 1. The van der Waals surface area contributed by atoms with E-state index in [1.54, 1.807) is 0 Å². The van der Waals surface area contributed by atoms with E-state index >= 15 is 0 Å². The monoisotopic (exact) mass is 248 g/mol. The highest BCUT2D eigenvalue weighted by Gasteiger charge is 2.18. The molecule has 0 aliphatic rings. The standard InChI is InChI=1S/C15H24N2O/c1-15(2,3)12-8-6-7-9-13(12)16-14(18)10-11-17(4)5/h6-9H,10-11H2,1-5H3,(H,16,18). The second-order valence-electron chi connectivity index (χ2n) is 5.90. The smallest absolute Gasteiger partial charge is 0.225 e. The molecule has 0 saturated carbocycles. The van der Waals surface area contributed by atoms with Gasteiger partial charge in [0.15, 0.2) is 0 Å². The lowest BCUT2D eigenvalue weighted by Crippen LogP contribution is -2.22. The second kappa shape index (κ2) is 6.01. The van der Waals surface area contributed by atoms with Gasteiger partial charge in [-0.3, -0.25) is 4.79 Å². The minimum atomic E-state index is 0.0332. The van der Waals surface area contributed by atoms with Gasteiger partial charge in [0.05, 0.1) is 0 Å². The summed E-state index contributed by atoms with van der Waals surface area (Å²) in [6.45, 7) is 7.22. The minimum Gasteiger partial charge on any atom is -0.326 e. The molecule has 1 rings (SSSR count). The number of benzene rings is 1. The van der Waals surface area contributed by atoms with E-state index in [1.165, 1.54) is 5.56 Å². The number of anilines is 1. The molecule has 0 aliphatic heterocycles. The van der Waals surface area contributed by atoms with Crippen LogP contribution < -0.4 is 5.32 Å². The Labute approximate surface area is 110 Å². The number of rotatable bonds is 4. The largest absolute Gasteiger partial charge is 0.326 e. The average Bonchev–Trinajstić information content (AvgIpc) is 2.25. The highest BCUT2D eigenvalue weighted by molar-refractivity contribution is 5.91. The molecule has 1 amide bonds. The zero-order valence-corrected chi connectivity index (χ0v) is 12.1. The maximum Gasteiger partial charge on any atom is 0.225 e. The van der Waals surface area contributed by atoms with E-state index in [2.05, 4.69) is 32.2 Å². The fourth-order valence-electron chi connectivity index (χ4n) is 1.78. The van der Waals surface area contributed by atoms with Crippen LogP contribution in [0.1, 0.15) is 32.8 Å². The Morgan fingerprint density at radius 2 is 1.83 bits per heavy atom. The predicted molar refractivity (Wildman–Crippen MR) is 76.9 cm³/mol. The van der Waals surface area contributed by atoms with Crippen molar-refractivity contribution in [2.24, 2.45) is 0 Å². The molecular weight excluding hydrogens is 224 g/mol. The van der Waals surface area contributed by atoms with Crippen LogP contribution in [0.2, 0.25) is 0 Å². The molecule has 1 aromatic carbocycles. The SMILES string of the molecule is CN(C)CCC(=O)Nc1ccccc1C(C)(C)C. The summed E-state index contributed by atoms with van der Waals surface area (Å²) in [5.41, 5.74) is 2.13. The fraction of sp³-hybridized carbons (Fsp3) is 0.533. The Kier molecular flexibility index (Phi) is 4.91. The third-order valence-corrected chi connectivity index (χ3v) is 2.80. The molecule has 0 bridgehead atoms. The number of nitrogens with one attached hydrogen (secondary N) is 1. The molecule has 0 unspecified atom stereocenters. The van der Waals surface area contributed by atoms with Crippen molar-refractivity contribution in [3.8, 4) is 0 Å². The Morgan fingerprint density at radius 3 is 2.39 bits per heavy atom. The summed E-state index contributed by atoms with van der Waals surface area (Å²) in [5, 5.41) is 3.01. The molecule has 3 heteroatoms. The van der Waals surface area contributed by atoms with Gasteiger partial charge in [-0.15, -0.1) is 0 Å². The van der Waals surface area contributed by atoms with Gasteiger partial charge < -0.3 is 10.2 Å². The minimum absolute atomic E-state index is 0.0332. The zero-order chi connectivity index (χ0) is 13.8. The van der Waals surface area contributed by atoms with Gasteiger partial charge in [-0.25, -0.2) is 0 Å². The number of carbonyl (C=O) groups is 1. The van der Waals surface area contributed by atoms with E-state index in [0.717, 1.165) is 12.2 Å². The van der Waals surface area contributed by atoms with Crippen molar-refractivity contribution in [3.63, 3.8) is 0 Å². The fourth-order valence-corrected chi connectivity index (χ4v) is 1.78. The molecule has 0 fully saturated rings. The Hall–Kier alpha value is -1.35. The summed E-state index contributed by atoms with van der Waals surface area (Å²) in [5.74, 6) is 0.0698. The van der Waals surface area contributed by atoms with Crippen LogP contribution in [0.25, 0.3) is 0 Å². The number of amides is 1. The van der Waals surface area contributed by atoms with Crippen molar-refractivity contribution in [2.75, 3.05) is 26.0 Å². The highest BCUT2D eigenvalue weighted by Crippen LogP contribution is 2.29. The normalized spacial score (nSPS) is 11.7. The van der Waals surface area contributed by atoms with Gasteiger partial charge in [0.1, 0.15) is 0 Å². The predicted octanol–water partition coefficient (Wildman–Crippen LogP) is 2.87. The molecule has 1 aromatic rings. The molecular formula is C15H24N2O. The van der Waals surface area contributed by atoms with Crippen LogP contribution in [-0.4, -0.2) is 31.4 Å². The van der Waals surface area contributed by atoms with Crippen LogP contribution >= 0.6 is 0 Å². The molecule has 0 aromatic heterocycles. The maximum absolute atomic E-state index is 11.9. The number of carbonyl (C=O) groups excluding carboxylic acids is 1. The first kappa shape index (κ1) is 14.7. The quantitative estimate of drug-likeness (QED) is 0.888. The summed E-state index contributed by atoms with van der Waals surface area (Å²) in [4.78, 5) is 13.9. The molecule has 0 aliphatic carbocycles. The van der Waals surface area contributed by atoms with Gasteiger partial charge in [-0.1, -0.05) is 39.0 Å². The van der Waals surface area contributed by atoms with Crippen molar-refractivity contribution in [1.82, 2.24) is 4.90 Å². The summed E-state index contributed by atoms with van der Waals surface area (Å²) in [6.07, 6.45) is 0.519. The van der Waals surface area contributed by atoms with E-state index in [4.69, 9.17) is 0 Å². The lowest BCUT2D eigenvalue weighted by Gasteiger charge is -2.23. The molecule has 0 atom stereocenters. The van der Waals surface area contributed by atoms with Crippen molar-refractivity contribution >= 4 is 11.6 Å². The molecule has 3 nitrogen and oxygen atoms in total. The van der Waals surface area contributed by atoms with Gasteiger partial charge in [0, 0.05) is 18.7 Å². The van der Waals surface area contributed by atoms with Gasteiger partial charge >= 0.3 is 0 Å². The molecule has 0 radical (unpaired) electrons. The summed E-state index contributed by atoms with van der Waals surface area (Å²) in [7, 11) is 3.94. The molecule has 18 heavy (non-hydrogen) atoms. The summed E-state index contributed by atoms with van der Waals surface area (Å²) < 4.78 is 0. The first-order valence-electron chi connectivity index (χ1n) is 6.35. The number of para-hydroxylation sites is 1. The van der Waals surface area contributed by atoms with Crippen LogP contribution in [0.3, 0.4) is 0 Å². The summed E-state index contributed by atoms with van der Waals surface area (Å²) in [6, 6.07) is 8.00. The van der Waals surface area contributed by atoms with Crippen LogP contribution in [-0.2, 0) is 10.2 Å². The topological polar surface area (TPSA) is 32.3 Å². The van der Waals surface area contributed by atoms with E-state index in [9.17, 15) is 4.79 Å². The number of hydrogen-bond acceptors (Lipinski definition) is 2. The Morgan fingerprint density at radius 1 is 1.22 bits per heavy atom. The first-order chi connectivity index (χ1) is 8.30.